The zero-order valence-electron chi connectivity index (χ0n) is 31.3. The van der Waals surface area contributed by atoms with Gasteiger partial charge in [-0.25, -0.2) is 4.79 Å². The lowest BCUT2D eigenvalue weighted by Gasteiger charge is -2.34. The molecule has 2 aromatic carbocycles. The number of phenolic OH excluding ortho intramolecular Hbond substituents is 1. The SMILES string of the molecule is NC(Cc1ccccn1)(Cc1ccccn1)c1c2oc3c(C(N)(Cc4ccccn4)Cc4ccccn4)c(O)c(Cl)cc3c(-c3ccccc3C(=O)O)c-2cc(Cl)c1=O. The standard InChI is InChI=1S/C46H36Cl2N6O5/c47-35-21-33-37(31-15-1-2-16-32(31)44(57)58)34-22-36(48)41(56)39(46(50,25-29-13-5-9-19-53-29)26-30-14-6-10-20-54-30)43(34)59-42(33)38(40(35)55)45(49,23-27-11-3-7-17-51-27)24-28-12-4-8-18-52-28/h1-22,55H,23-26,49-50H2,(H,57,58). The van der Waals surface area contributed by atoms with Gasteiger partial charge in [0.05, 0.1) is 37.8 Å². The van der Waals surface area contributed by atoms with E-state index in [2.05, 4.69) is 19.9 Å². The number of pyridine rings is 4. The Hall–Kier alpha value is -6.50. The van der Waals surface area contributed by atoms with Crippen LogP contribution in [0.25, 0.3) is 33.4 Å². The van der Waals surface area contributed by atoms with Crippen molar-refractivity contribution in [2.24, 2.45) is 11.5 Å². The van der Waals surface area contributed by atoms with E-state index in [0.29, 0.717) is 33.7 Å². The molecule has 59 heavy (non-hydrogen) atoms. The van der Waals surface area contributed by atoms with Crippen LogP contribution >= 0.6 is 23.2 Å². The zero-order valence-corrected chi connectivity index (χ0v) is 32.9. The van der Waals surface area contributed by atoms with Crippen molar-refractivity contribution in [3.05, 3.63) is 194 Å². The van der Waals surface area contributed by atoms with Gasteiger partial charge in [-0.05, 0) is 72.3 Å². The normalized spacial score (nSPS) is 11.9. The predicted molar refractivity (Wildman–Crippen MR) is 227 cm³/mol. The predicted octanol–water partition coefficient (Wildman–Crippen LogP) is 8.13. The number of aromatic hydroxyl groups is 1. The molecule has 1 aliphatic heterocycles. The van der Waals surface area contributed by atoms with E-state index in [0.717, 1.165) is 0 Å². The summed E-state index contributed by atoms with van der Waals surface area (Å²) in [6.07, 6.45) is 6.77. The molecule has 294 valence electrons. The minimum absolute atomic E-state index is 0.00236. The molecule has 6 N–H and O–H groups in total. The van der Waals surface area contributed by atoms with E-state index in [4.69, 9.17) is 39.1 Å². The summed E-state index contributed by atoms with van der Waals surface area (Å²) in [6, 6.07) is 31.0. The third-order valence-corrected chi connectivity index (χ3v) is 11.0. The topological polar surface area (TPSA) is 191 Å². The number of fused-ring (bicyclic) bond motifs is 2. The molecular weight excluding hydrogens is 787 g/mol. The molecule has 8 rings (SSSR count). The first-order valence-electron chi connectivity index (χ1n) is 18.6. The number of benzene rings is 3. The molecule has 0 radical (unpaired) electrons. The lowest BCUT2D eigenvalue weighted by atomic mass is 9.77. The second-order valence-corrected chi connectivity index (χ2v) is 15.3. The molecule has 6 aromatic rings. The number of aromatic carboxylic acids is 1. The van der Waals surface area contributed by atoms with Gasteiger partial charge >= 0.3 is 5.97 Å². The highest BCUT2D eigenvalue weighted by Gasteiger charge is 2.41. The molecule has 13 heteroatoms. The van der Waals surface area contributed by atoms with Gasteiger partial charge in [-0.1, -0.05) is 65.7 Å². The molecule has 5 heterocycles. The lowest BCUT2D eigenvalue weighted by molar-refractivity contribution is 0.0697. The van der Waals surface area contributed by atoms with E-state index in [1.54, 1.807) is 79.4 Å². The summed E-state index contributed by atoms with van der Waals surface area (Å²) in [6.45, 7) is 0. The fourth-order valence-electron chi connectivity index (χ4n) is 7.94. The number of rotatable bonds is 12. The Morgan fingerprint density at radius 3 is 1.54 bits per heavy atom. The average Bonchev–Trinajstić information content (AvgIpc) is 3.22. The Morgan fingerprint density at radius 1 is 0.627 bits per heavy atom. The van der Waals surface area contributed by atoms with Gasteiger partial charge in [-0.15, -0.1) is 0 Å². The molecule has 0 saturated heterocycles. The smallest absolute Gasteiger partial charge is 0.336 e. The summed E-state index contributed by atoms with van der Waals surface area (Å²) < 4.78 is 7.02. The van der Waals surface area contributed by atoms with Gasteiger partial charge in [-0.2, -0.15) is 0 Å². The number of phenols is 1. The van der Waals surface area contributed by atoms with Crippen molar-refractivity contribution >= 4 is 40.1 Å². The average molecular weight is 824 g/mol. The molecule has 2 aliphatic rings. The fraction of sp³-hybridized carbons (Fsp3) is 0.130. The van der Waals surface area contributed by atoms with Crippen molar-refractivity contribution < 1.29 is 19.4 Å². The van der Waals surface area contributed by atoms with Crippen LogP contribution in [0.15, 0.2) is 143 Å². The van der Waals surface area contributed by atoms with Crippen LogP contribution in [0.1, 0.15) is 44.3 Å². The molecule has 0 saturated carbocycles. The minimum Gasteiger partial charge on any atom is -0.506 e. The summed E-state index contributed by atoms with van der Waals surface area (Å²) in [5, 5.41) is 22.7. The number of carboxylic acids is 1. The van der Waals surface area contributed by atoms with Crippen LogP contribution in [0.2, 0.25) is 10.0 Å². The Bertz CT molecular complexity index is 2760. The molecule has 0 bridgehead atoms. The summed E-state index contributed by atoms with van der Waals surface area (Å²) in [5.41, 5.74) is 14.6. The molecule has 0 fully saturated rings. The van der Waals surface area contributed by atoms with Gasteiger partial charge in [0.15, 0.2) is 0 Å². The highest BCUT2D eigenvalue weighted by atomic mass is 35.5. The van der Waals surface area contributed by atoms with Crippen molar-refractivity contribution in [2.45, 2.75) is 36.8 Å². The molecule has 0 atom stereocenters. The van der Waals surface area contributed by atoms with Crippen LogP contribution in [-0.2, 0) is 36.8 Å². The van der Waals surface area contributed by atoms with Crippen molar-refractivity contribution in [1.82, 2.24) is 19.9 Å². The molecule has 0 unspecified atom stereocenters. The Labute approximate surface area is 348 Å². The molecule has 4 aromatic heterocycles. The third kappa shape index (κ3) is 7.64. The number of halogens is 2. The van der Waals surface area contributed by atoms with Gasteiger partial charge in [-0.3, -0.25) is 24.7 Å². The number of carboxylic acid groups (broad SMARTS) is 1. The minimum atomic E-state index is -1.57. The van der Waals surface area contributed by atoms with Crippen LogP contribution < -0.4 is 16.9 Å². The fourth-order valence-corrected chi connectivity index (χ4v) is 8.35. The van der Waals surface area contributed by atoms with Crippen molar-refractivity contribution in [3.8, 4) is 28.2 Å². The lowest BCUT2D eigenvalue weighted by Crippen LogP contribution is -2.46. The van der Waals surface area contributed by atoms with Gasteiger partial charge in [0.2, 0.25) is 5.43 Å². The van der Waals surface area contributed by atoms with Gasteiger partial charge in [0.25, 0.3) is 0 Å². The summed E-state index contributed by atoms with van der Waals surface area (Å²) in [5.74, 6) is -1.60. The number of aromatic nitrogens is 4. The van der Waals surface area contributed by atoms with Crippen molar-refractivity contribution in [3.63, 3.8) is 0 Å². The maximum absolute atomic E-state index is 14.7. The Kier molecular flexibility index (Phi) is 10.7. The van der Waals surface area contributed by atoms with E-state index >= 15 is 0 Å². The van der Waals surface area contributed by atoms with E-state index < -0.39 is 22.5 Å². The second kappa shape index (κ2) is 16.0. The Morgan fingerprint density at radius 2 is 1.08 bits per heavy atom. The molecule has 1 aliphatic carbocycles. The van der Waals surface area contributed by atoms with Crippen LogP contribution in [0, 0.1) is 0 Å². The highest BCUT2D eigenvalue weighted by Crippen LogP contribution is 2.51. The second-order valence-electron chi connectivity index (χ2n) is 14.5. The number of nitrogens with zero attached hydrogens (tertiary/aromatic N) is 4. The van der Waals surface area contributed by atoms with Gasteiger partial charge in [0, 0.05) is 89.8 Å². The molecule has 0 spiro atoms. The number of nitrogens with two attached hydrogens (primary N) is 2. The summed E-state index contributed by atoms with van der Waals surface area (Å²) in [7, 11) is 0. The summed E-state index contributed by atoms with van der Waals surface area (Å²) in [4.78, 5) is 45.9. The monoisotopic (exact) mass is 822 g/mol. The van der Waals surface area contributed by atoms with E-state index in [1.165, 1.54) is 18.2 Å². The summed E-state index contributed by atoms with van der Waals surface area (Å²) >= 11 is 13.9. The third-order valence-electron chi connectivity index (χ3n) is 10.4. The first kappa shape index (κ1) is 39.3. The van der Waals surface area contributed by atoms with Gasteiger partial charge in [0.1, 0.15) is 17.1 Å². The highest BCUT2D eigenvalue weighted by molar-refractivity contribution is 6.33. The Balaban J connectivity index is 1.54. The first-order chi connectivity index (χ1) is 28.5. The largest absolute Gasteiger partial charge is 0.506 e. The number of carbonyl (C=O) groups is 1. The number of hydrogen-bond donors (Lipinski definition) is 4. The zero-order chi connectivity index (χ0) is 41.3. The quantitative estimate of drug-likeness (QED) is 0.0870. The molecular formula is C46H36Cl2N6O5. The maximum Gasteiger partial charge on any atom is 0.336 e. The van der Waals surface area contributed by atoms with E-state index in [1.807, 2.05) is 36.4 Å². The molecule has 11 nitrogen and oxygen atoms in total. The van der Waals surface area contributed by atoms with Crippen LogP contribution in [0.3, 0.4) is 0 Å². The van der Waals surface area contributed by atoms with E-state index in [-0.39, 0.29) is 80.6 Å². The maximum atomic E-state index is 14.7. The first-order valence-corrected chi connectivity index (χ1v) is 19.4. The van der Waals surface area contributed by atoms with Crippen molar-refractivity contribution in [1.29, 1.82) is 0 Å². The van der Waals surface area contributed by atoms with E-state index in [9.17, 15) is 19.8 Å². The molecule has 0 amide bonds. The van der Waals surface area contributed by atoms with Crippen LogP contribution in [-0.4, -0.2) is 36.1 Å². The van der Waals surface area contributed by atoms with Crippen LogP contribution in [0.4, 0.5) is 0 Å². The van der Waals surface area contributed by atoms with Crippen LogP contribution in [0.5, 0.6) is 5.75 Å². The van der Waals surface area contributed by atoms with Gasteiger partial charge < -0.3 is 26.1 Å². The number of hydrogen-bond acceptors (Lipinski definition) is 10. The van der Waals surface area contributed by atoms with Crippen molar-refractivity contribution in [2.75, 3.05) is 0 Å².